The molecule has 1 saturated carbocycles. The molecule has 96 valence electrons. The number of rotatable bonds is 4. The summed E-state index contributed by atoms with van der Waals surface area (Å²) in [5.74, 6) is 0. The normalized spacial score (nSPS) is 17.4. The van der Waals surface area contributed by atoms with E-state index in [-0.39, 0.29) is 12.0 Å². The van der Waals surface area contributed by atoms with Gasteiger partial charge in [-0.15, -0.1) is 0 Å². The van der Waals surface area contributed by atoms with Gasteiger partial charge in [0.1, 0.15) is 6.07 Å². The third kappa shape index (κ3) is 2.77. The van der Waals surface area contributed by atoms with Crippen molar-refractivity contribution in [3.63, 3.8) is 0 Å². The van der Waals surface area contributed by atoms with E-state index in [2.05, 4.69) is 5.32 Å². The predicted octanol–water partition coefficient (Wildman–Crippen LogP) is 3.18. The number of nitrogens with zero attached hydrogens (tertiary/aromatic N) is 1. The molecule has 3 nitrogen and oxygen atoms in total. The molecule has 2 rings (SSSR count). The number of hydrogen-bond donors (Lipinski definition) is 2. The van der Waals surface area contributed by atoms with Gasteiger partial charge < -0.3 is 10.4 Å². The average Bonchev–Trinajstić information content (AvgIpc) is 2.86. The fraction of sp³-hybridized carbons (Fsp3) is 0.500. The van der Waals surface area contributed by atoms with Crippen LogP contribution in [0.1, 0.15) is 31.2 Å². The van der Waals surface area contributed by atoms with Gasteiger partial charge in [0.05, 0.1) is 17.2 Å². The van der Waals surface area contributed by atoms with E-state index in [9.17, 15) is 5.11 Å². The van der Waals surface area contributed by atoms with Gasteiger partial charge >= 0.3 is 0 Å². The summed E-state index contributed by atoms with van der Waals surface area (Å²) in [6.07, 6.45) is 4.52. The van der Waals surface area contributed by atoms with Crippen molar-refractivity contribution in [1.82, 2.24) is 0 Å². The molecule has 0 unspecified atom stereocenters. The van der Waals surface area contributed by atoms with Gasteiger partial charge in [0, 0.05) is 17.6 Å². The summed E-state index contributed by atoms with van der Waals surface area (Å²) in [5.41, 5.74) is 1.40. The van der Waals surface area contributed by atoms with Crippen LogP contribution in [0.2, 0.25) is 5.02 Å². The molecule has 0 aliphatic heterocycles. The molecule has 18 heavy (non-hydrogen) atoms. The first-order chi connectivity index (χ1) is 8.69. The molecule has 1 aliphatic rings. The molecule has 1 aliphatic carbocycles. The second-order valence-corrected chi connectivity index (χ2v) is 5.43. The van der Waals surface area contributed by atoms with E-state index < -0.39 is 0 Å². The van der Waals surface area contributed by atoms with Crippen LogP contribution in [0.25, 0.3) is 0 Å². The minimum atomic E-state index is 0.0143. The lowest BCUT2D eigenvalue weighted by Gasteiger charge is -2.27. The summed E-state index contributed by atoms with van der Waals surface area (Å²) in [6, 6.07) is 7.37. The summed E-state index contributed by atoms with van der Waals surface area (Å²) in [5, 5.41) is 22.1. The van der Waals surface area contributed by atoms with E-state index in [1.807, 2.05) is 12.1 Å². The first-order valence-electron chi connectivity index (χ1n) is 6.23. The van der Waals surface area contributed by atoms with E-state index in [4.69, 9.17) is 16.9 Å². The van der Waals surface area contributed by atoms with Crippen LogP contribution in [-0.2, 0) is 0 Å². The van der Waals surface area contributed by atoms with Crippen LogP contribution in [0.5, 0.6) is 0 Å². The SMILES string of the molecule is N#Cc1ccc(NCC2(CO)CCCC2)cc1Cl. The number of nitrogens with one attached hydrogen (secondary N) is 1. The monoisotopic (exact) mass is 264 g/mol. The number of nitriles is 1. The van der Waals surface area contributed by atoms with Crippen LogP contribution in [0.4, 0.5) is 5.69 Å². The molecule has 0 amide bonds. The quantitative estimate of drug-likeness (QED) is 0.878. The Morgan fingerprint density at radius 3 is 2.67 bits per heavy atom. The highest BCUT2D eigenvalue weighted by atomic mass is 35.5. The van der Waals surface area contributed by atoms with Gasteiger partial charge in [-0.25, -0.2) is 0 Å². The Hall–Kier alpha value is -1.24. The lowest BCUT2D eigenvalue weighted by atomic mass is 9.87. The first-order valence-corrected chi connectivity index (χ1v) is 6.61. The molecule has 4 heteroatoms. The van der Waals surface area contributed by atoms with Gasteiger partial charge in [-0.3, -0.25) is 0 Å². The lowest BCUT2D eigenvalue weighted by Crippen LogP contribution is -2.30. The summed E-state index contributed by atoms with van der Waals surface area (Å²) in [4.78, 5) is 0. The lowest BCUT2D eigenvalue weighted by molar-refractivity contribution is 0.142. The standard InChI is InChI=1S/C14H17ClN2O/c15-13-7-12(4-3-11(13)8-16)17-9-14(10-18)5-1-2-6-14/h3-4,7,17-18H,1-2,5-6,9-10H2. The van der Waals surface area contributed by atoms with Crippen molar-refractivity contribution >= 4 is 17.3 Å². The Bertz CT molecular complexity index is 461. The van der Waals surface area contributed by atoms with Crippen molar-refractivity contribution in [2.75, 3.05) is 18.5 Å². The number of aliphatic hydroxyl groups is 1. The highest BCUT2D eigenvalue weighted by molar-refractivity contribution is 6.32. The Balaban J connectivity index is 2.02. The van der Waals surface area contributed by atoms with E-state index in [0.29, 0.717) is 10.6 Å². The van der Waals surface area contributed by atoms with Crippen LogP contribution in [0.3, 0.4) is 0 Å². The van der Waals surface area contributed by atoms with Gasteiger partial charge in [-0.2, -0.15) is 5.26 Å². The van der Waals surface area contributed by atoms with Gasteiger partial charge in [0.15, 0.2) is 0 Å². The van der Waals surface area contributed by atoms with Gasteiger partial charge in [-0.1, -0.05) is 24.4 Å². The molecule has 0 spiro atoms. The second kappa shape index (κ2) is 5.60. The highest BCUT2D eigenvalue weighted by Gasteiger charge is 2.32. The maximum Gasteiger partial charge on any atom is 0.101 e. The zero-order chi connectivity index (χ0) is 13.0. The van der Waals surface area contributed by atoms with Gasteiger partial charge in [-0.05, 0) is 31.0 Å². The van der Waals surface area contributed by atoms with Crippen LogP contribution in [0.15, 0.2) is 18.2 Å². The van der Waals surface area contributed by atoms with Crippen molar-refractivity contribution in [2.24, 2.45) is 5.41 Å². The number of aliphatic hydroxyl groups excluding tert-OH is 1. The molecule has 0 aromatic heterocycles. The maximum absolute atomic E-state index is 9.52. The number of halogens is 1. The smallest absolute Gasteiger partial charge is 0.101 e. The zero-order valence-corrected chi connectivity index (χ0v) is 11.0. The molecule has 1 fully saturated rings. The summed E-state index contributed by atoms with van der Waals surface area (Å²) < 4.78 is 0. The number of benzene rings is 1. The Labute approximate surface area is 112 Å². The fourth-order valence-electron chi connectivity index (χ4n) is 2.52. The van der Waals surface area contributed by atoms with Crippen molar-refractivity contribution in [3.8, 4) is 6.07 Å². The van der Waals surface area contributed by atoms with Gasteiger partial charge in [0.2, 0.25) is 0 Å². The Morgan fingerprint density at radius 2 is 2.11 bits per heavy atom. The number of anilines is 1. The van der Waals surface area contributed by atoms with Crippen LogP contribution < -0.4 is 5.32 Å². The first kappa shape index (κ1) is 13.2. The zero-order valence-electron chi connectivity index (χ0n) is 10.2. The molecule has 2 N–H and O–H groups in total. The van der Waals surface area contributed by atoms with Crippen molar-refractivity contribution in [2.45, 2.75) is 25.7 Å². The predicted molar refractivity (Wildman–Crippen MR) is 72.6 cm³/mol. The molecular weight excluding hydrogens is 248 g/mol. The molecule has 1 aromatic carbocycles. The molecule has 0 atom stereocenters. The fourth-order valence-corrected chi connectivity index (χ4v) is 2.74. The summed E-state index contributed by atoms with van der Waals surface area (Å²) in [7, 11) is 0. The van der Waals surface area contributed by atoms with Crippen LogP contribution in [0, 0.1) is 16.7 Å². The Kier molecular flexibility index (Phi) is 4.11. The molecule has 0 bridgehead atoms. The van der Waals surface area contributed by atoms with E-state index in [1.54, 1.807) is 12.1 Å². The molecule has 0 radical (unpaired) electrons. The molecular formula is C14H17ClN2O. The maximum atomic E-state index is 9.52. The van der Waals surface area contributed by atoms with E-state index >= 15 is 0 Å². The van der Waals surface area contributed by atoms with Crippen LogP contribution >= 0.6 is 11.6 Å². The van der Waals surface area contributed by atoms with Crippen molar-refractivity contribution in [3.05, 3.63) is 28.8 Å². The topological polar surface area (TPSA) is 56.0 Å². The highest BCUT2D eigenvalue weighted by Crippen LogP contribution is 2.37. The molecule has 1 aromatic rings. The molecule has 0 heterocycles. The third-order valence-corrected chi connectivity index (χ3v) is 4.07. The molecule has 0 saturated heterocycles. The average molecular weight is 265 g/mol. The van der Waals surface area contributed by atoms with Crippen LogP contribution in [-0.4, -0.2) is 18.3 Å². The summed E-state index contributed by atoms with van der Waals surface area (Å²) in [6.45, 7) is 0.982. The summed E-state index contributed by atoms with van der Waals surface area (Å²) >= 11 is 5.98. The van der Waals surface area contributed by atoms with E-state index in [1.165, 1.54) is 12.8 Å². The third-order valence-electron chi connectivity index (χ3n) is 3.76. The number of hydrogen-bond acceptors (Lipinski definition) is 3. The minimum absolute atomic E-state index is 0.0143. The van der Waals surface area contributed by atoms with E-state index in [0.717, 1.165) is 25.1 Å². The van der Waals surface area contributed by atoms with Crippen molar-refractivity contribution in [1.29, 1.82) is 5.26 Å². The van der Waals surface area contributed by atoms with Gasteiger partial charge in [0.25, 0.3) is 0 Å². The minimum Gasteiger partial charge on any atom is -0.396 e. The second-order valence-electron chi connectivity index (χ2n) is 5.03. The Morgan fingerprint density at radius 1 is 1.39 bits per heavy atom. The van der Waals surface area contributed by atoms with Crippen molar-refractivity contribution < 1.29 is 5.11 Å². The largest absolute Gasteiger partial charge is 0.396 e.